The summed E-state index contributed by atoms with van der Waals surface area (Å²) in [4.78, 5) is -0.420. The van der Waals surface area contributed by atoms with E-state index >= 15 is 0 Å². The van der Waals surface area contributed by atoms with Crippen molar-refractivity contribution in [2.24, 2.45) is 0 Å². The summed E-state index contributed by atoms with van der Waals surface area (Å²) in [5.41, 5.74) is 0. The maximum Gasteiger partial charge on any atom is 0.340 e. The number of fused-ring (bicyclic) bond motifs is 1. The lowest BCUT2D eigenvalue weighted by Gasteiger charge is -2.13. The molecule has 0 saturated carbocycles. The maximum absolute atomic E-state index is 12.5. The number of phenols is 4. The van der Waals surface area contributed by atoms with Crippen LogP contribution in [-0.4, -0.2) is 28.8 Å². The molecule has 0 spiro atoms. The lowest BCUT2D eigenvalue weighted by Crippen LogP contribution is -2.10. The van der Waals surface area contributed by atoms with Gasteiger partial charge in [-0.3, -0.25) is 0 Å². The summed E-state index contributed by atoms with van der Waals surface area (Å²) in [6.07, 6.45) is 0. The minimum Gasteiger partial charge on any atom is -0.504 e. The molecule has 0 aromatic heterocycles. The van der Waals surface area contributed by atoms with Gasteiger partial charge in [-0.1, -0.05) is 30.3 Å². The predicted octanol–water partition coefficient (Wildman–Crippen LogP) is 2.43. The van der Waals surface area contributed by atoms with Crippen molar-refractivity contribution in [2.75, 3.05) is 0 Å². The van der Waals surface area contributed by atoms with Gasteiger partial charge < -0.3 is 24.6 Å². The Morgan fingerprint density at radius 3 is 1.96 bits per heavy atom. The summed E-state index contributed by atoms with van der Waals surface area (Å²) in [6, 6.07) is 10.4. The fourth-order valence-corrected chi connectivity index (χ4v) is 3.46. The van der Waals surface area contributed by atoms with Crippen molar-refractivity contribution in [3.63, 3.8) is 0 Å². The van der Waals surface area contributed by atoms with E-state index in [2.05, 4.69) is 0 Å². The van der Waals surface area contributed by atoms with E-state index in [0.29, 0.717) is 0 Å². The van der Waals surface area contributed by atoms with E-state index in [9.17, 15) is 28.8 Å². The molecule has 8 heteroatoms. The Labute approximate surface area is 136 Å². The average Bonchev–Trinajstić information content (AvgIpc) is 2.54. The van der Waals surface area contributed by atoms with Crippen LogP contribution in [0.5, 0.6) is 28.7 Å². The molecule has 0 aliphatic carbocycles. The van der Waals surface area contributed by atoms with Crippen LogP contribution in [0.25, 0.3) is 10.8 Å². The Kier molecular flexibility index (Phi) is 3.61. The zero-order chi connectivity index (χ0) is 17.5. The number of phenolic OH excluding ortho intramolecular Hbond substituents is 4. The van der Waals surface area contributed by atoms with Crippen molar-refractivity contribution in [2.45, 2.75) is 4.90 Å². The fraction of sp³-hybridized carbons (Fsp3) is 0. The lowest BCUT2D eigenvalue weighted by molar-refractivity contribution is 0.394. The molecular weight excluding hydrogens is 336 g/mol. The van der Waals surface area contributed by atoms with E-state index < -0.39 is 43.8 Å². The second-order valence-corrected chi connectivity index (χ2v) is 6.47. The van der Waals surface area contributed by atoms with Crippen molar-refractivity contribution >= 4 is 20.9 Å². The molecule has 3 aromatic rings. The van der Waals surface area contributed by atoms with Crippen LogP contribution >= 0.6 is 0 Å². The third-order valence-corrected chi connectivity index (χ3v) is 4.66. The molecule has 0 atom stereocenters. The smallest absolute Gasteiger partial charge is 0.340 e. The zero-order valence-electron chi connectivity index (χ0n) is 12.0. The van der Waals surface area contributed by atoms with Crippen LogP contribution in [0, 0.1) is 0 Å². The van der Waals surface area contributed by atoms with E-state index in [1.807, 2.05) is 0 Å². The normalized spacial score (nSPS) is 11.5. The molecule has 4 N–H and O–H groups in total. The number of hydrogen-bond acceptors (Lipinski definition) is 7. The molecule has 0 saturated heterocycles. The largest absolute Gasteiger partial charge is 0.504 e. The van der Waals surface area contributed by atoms with Crippen molar-refractivity contribution in [1.29, 1.82) is 0 Å². The minimum atomic E-state index is -4.52. The summed E-state index contributed by atoms with van der Waals surface area (Å²) < 4.78 is 29.9. The quantitative estimate of drug-likeness (QED) is 0.423. The van der Waals surface area contributed by atoms with Crippen LogP contribution in [0.4, 0.5) is 0 Å². The Morgan fingerprint density at radius 2 is 1.33 bits per heavy atom. The minimum absolute atomic E-state index is 0.112. The van der Waals surface area contributed by atoms with Gasteiger partial charge >= 0.3 is 10.1 Å². The first-order valence-corrected chi connectivity index (χ1v) is 8.11. The van der Waals surface area contributed by atoms with Gasteiger partial charge in [-0.05, 0) is 12.1 Å². The highest BCUT2D eigenvalue weighted by atomic mass is 32.2. The van der Waals surface area contributed by atoms with Crippen LogP contribution in [0.2, 0.25) is 0 Å². The molecule has 3 rings (SSSR count). The van der Waals surface area contributed by atoms with Gasteiger partial charge in [0.05, 0.1) is 0 Å². The second kappa shape index (κ2) is 5.50. The van der Waals surface area contributed by atoms with E-state index in [1.54, 1.807) is 12.1 Å². The first kappa shape index (κ1) is 15.8. The summed E-state index contributed by atoms with van der Waals surface area (Å²) in [6.45, 7) is 0. The van der Waals surface area contributed by atoms with Crippen LogP contribution in [0.15, 0.2) is 53.4 Å². The Hall–Kier alpha value is -3.13. The number of para-hydroxylation sites is 1. The standard InChI is InChI=1S/C16H12O7S/c17-11-6-3-7-12(18)16(11)23-24(21,22)14-8-13(19)15(20)10-5-2-1-4-9(10)14/h1-8,17-20H. The van der Waals surface area contributed by atoms with Crippen molar-refractivity contribution in [3.05, 3.63) is 48.5 Å². The summed E-state index contributed by atoms with van der Waals surface area (Å²) in [5, 5.41) is 39.2. The van der Waals surface area contributed by atoms with Gasteiger partial charge in [0.2, 0.25) is 5.75 Å². The predicted molar refractivity (Wildman–Crippen MR) is 84.9 cm³/mol. The highest BCUT2D eigenvalue weighted by Crippen LogP contribution is 2.41. The van der Waals surface area contributed by atoms with E-state index in [4.69, 9.17) is 4.18 Å². The first-order valence-electron chi connectivity index (χ1n) is 6.70. The molecule has 3 aromatic carbocycles. The topological polar surface area (TPSA) is 124 Å². The summed E-state index contributed by atoms with van der Waals surface area (Å²) in [5.74, 6) is -2.86. The monoisotopic (exact) mass is 348 g/mol. The van der Waals surface area contributed by atoms with E-state index in [-0.39, 0.29) is 10.8 Å². The molecule has 0 bridgehead atoms. The molecule has 7 nitrogen and oxygen atoms in total. The van der Waals surface area contributed by atoms with Gasteiger partial charge in [0.15, 0.2) is 23.0 Å². The molecule has 124 valence electrons. The van der Waals surface area contributed by atoms with Gasteiger partial charge in [0.1, 0.15) is 4.90 Å². The molecule has 0 heterocycles. The van der Waals surface area contributed by atoms with Gasteiger partial charge in [-0.15, -0.1) is 0 Å². The summed E-state index contributed by atoms with van der Waals surface area (Å²) >= 11 is 0. The highest BCUT2D eigenvalue weighted by Gasteiger charge is 2.25. The molecular formula is C16H12O7S. The van der Waals surface area contributed by atoms with Gasteiger partial charge in [-0.25, -0.2) is 0 Å². The van der Waals surface area contributed by atoms with Crippen molar-refractivity contribution in [3.8, 4) is 28.7 Å². The van der Waals surface area contributed by atoms with Crippen molar-refractivity contribution in [1.82, 2.24) is 0 Å². The molecule has 0 aliphatic heterocycles. The summed E-state index contributed by atoms with van der Waals surface area (Å²) in [7, 11) is -4.52. The second-order valence-electron chi connectivity index (χ2n) is 4.95. The first-order chi connectivity index (χ1) is 11.3. The number of aromatic hydroxyl groups is 4. The van der Waals surface area contributed by atoms with Gasteiger partial charge in [0.25, 0.3) is 0 Å². The molecule has 0 amide bonds. The number of benzene rings is 3. The van der Waals surface area contributed by atoms with Crippen LogP contribution < -0.4 is 4.18 Å². The van der Waals surface area contributed by atoms with Gasteiger partial charge in [0, 0.05) is 16.8 Å². The maximum atomic E-state index is 12.5. The van der Waals surface area contributed by atoms with Gasteiger partial charge in [-0.2, -0.15) is 8.42 Å². The van der Waals surface area contributed by atoms with E-state index in [1.165, 1.54) is 18.2 Å². The molecule has 0 radical (unpaired) electrons. The van der Waals surface area contributed by atoms with E-state index in [0.717, 1.165) is 18.2 Å². The Morgan fingerprint density at radius 1 is 0.750 bits per heavy atom. The third-order valence-electron chi connectivity index (χ3n) is 3.39. The SMILES string of the molecule is O=S(=O)(Oc1c(O)cccc1O)c1cc(O)c(O)c2ccccc12. The molecule has 0 aliphatic rings. The van der Waals surface area contributed by atoms with Crippen LogP contribution in [0.1, 0.15) is 0 Å². The van der Waals surface area contributed by atoms with Crippen LogP contribution in [-0.2, 0) is 10.1 Å². The number of hydrogen-bond donors (Lipinski definition) is 4. The molecule has 24 heavy (non-hydrogen) atoms. The van der Waals surface area contributed by atoms with Crippen LogP contribution in [0.3, 0.4) is 0 Å². The zero-order valence-corrected chi connectivity index (χ0v) is 12.9. The molecule has 0 fully saturated rings. The Bertz CT molecular complexity index is 1020. The third kappa shape index (κ3) is 2.52. The van der Waals surface area contributed by atoms with Crippen molar-refractivity contribution < 1.29 is 33.0 Å². The molecule has 0 unspecified atom stereocenters. The lowest BCUT2D eigenvalue weighted by atomic mass is 10.1. The fourth-order valence-electron chi connectivity index (χ4n) is 2.27. The Balaban J connectivity index is 2.21. The number of rotatable bonds is 3. The average molecular weight is 348 g/mol. The highest BCUT2D eigenvalue weighted by molar-refractivity contribution is 7.87.